The molecule has 0 aromatic heterocycles. The number of benzene rings is 1. The van der Waals surface area contributed by atoms with Crippen molar-refractivity contribution in [1.29, 1.82) is 0 Å². The third kappa shape index (κ3) is 4.38. The van der Waals surface area contributed by atoms with Gasteiger partial charge in [-0.25, -0.2) is 5.14 Å². The summed E-state index contributed by atoms with van der Waals surface area (Å²) >= 11 is 6.24. The molecule has 0 saturated heterocycles. The van der Waals surface area contributed by atoms with Gasteiger partial charge in [-0.2, -0.15) is 8.42 Å². The van der Waals surface area contributed by atoms with E-state index in [4.69, 9.17) is 26.2 Å². The second kappa shape index (κ2) is 7.09. The number of nitrogens with two attached hydrogens (primary N) is 1. The lowest BCUT2D eigenvalue weighted by atomic mass is 10.1. The molecular weight excluding hydrogens is 342 g/mol. The van der Waals surface area contributed by atoms with Crippen LogP contribution in [0.2, 0.25) is 5.02 Å². The maximum absolute atomic E-state index is 10.9. The zero-order valence-electron chi connectivity index (χ0n) is 13.0. The van der Waals surface area contributed by atoms with E-state index >= 15 is 0 Å². The maximum Gasteiger partial charge on any atom is 0.333 e. The van der Waals surface area contributed by atoms with Crippen LogP contribution in [0.4, 0.5) is 0 Å². The minimum absolute atomic E-state index is 0.130. The van der Waals surface area contributed by atoms with Gasteiger partial charge < -0.3 is 9.47 Å². The standard InChI is InChI=1S/C15H20ClNO5S/c1-3-15(4-2)21-13(9-10-20-23(17,18)19)14(22-15)11-7-5-6-8-12(11)16/h5-8H,3-4,9-10H2,1-2H3,(H2,17,18,19). The Hall–Kier alpha value is -1.28. The largest absolute Gasteiger partial charge is 0.453 e. The zero-order valence-corrected chi connectivity index (χ0v) is 14.6. The molecule has 0 saturated carbocycles. The van der Waals surface area contributed by atoms with Crippen LogP contribution in [0.1, 0.15) is 38.7 Å². The average molecular weight is 362 g/mol. The van der Waals surface area contributed by atoms with E-state index in [0.29, 0.717) is 34.9 Å². The Kier molecular flexibility index (Phi) is 5.57. The first kappa shape index (κ1) is 18.1. The summed E-state index contributed by atoms with van der Waals surface area (Å²) in [6.07, 6.45) is 1.48. The van der Waals surface area contributed by atoms with Crippen molar-refractivity contribution in [3.63, 3.8) is 0 Å². The van der Waals surface area contributed by atoms with E-state index in [2.05, 4.69) is 4.18 Å². The molecule has 0 fully saturated rings. The highest BCUT2D eigenvalue weighted by atomic mass is 35.5. The molecule has 6 nitrogen and oxygen atoms in total. The summed E-state index contributed by atoms with van der Waals surface area (Å²) in [5, 5.41) is 5.36. The third-order valence-corrected chi connectivity index (χ3v) is 4.45. The molecule has 0 amide bonds. The van der Waals surface area contributed by atoms with Crippen LogP contribution in [-0.2, 0) is 24.0 Å². The molecule has 0 aliphatic carbocycles. The number of ether oxygens (including phenoxy) is 2. The molecule has 0 unspecified atom stereocenters. The number of rotatable bonds is 7. The van der Waals surface area contributed by atoms with Crippen LogP contribution in [0.5, 0.6) is 0 Å². The van der Waals surface area contributed by atoms with Crippen LogP contribution in [0.15, 0.2) is 30.0 Å². The lowest BCUT2D eigenvalue weighted by Gasteiger charge is -2.26. The number of halogens is 1. The lowest BCUT2D eigenvalue weighted by molar-refractivity contribution is -0.147. The van der Waals surface area contributed by atoms with Crippen molar-refractivity contribution in [1.82, 2.24) is 0 Å². The molecule has 23 heavy (non-hydrogen) atoms. The Bertz CT molecular complexity index is 698. The molecule has 128 valence electrons. The average Bonchev–Trinajstić information content (AvgIpc) is 2.86. The van der Waals surface area contributed by atoms with Gasteiger partial charge in [0.05, 0.1) is 11.6 Å². The first-order chi connectivity index (χ1) is 10.8. The van der Waals surface area contributed by atoms with Gasteiger partial charge in [-0.05, 0) is 12.1 Å². The first-order valence-corrected chi connectivity index (χ1v) is 9.18. The fourth-order valence-electron chi connectivity index (χ4n) is 2.34. The molecule has 1 aromatic carbocycles. The van der Waals surface area contributed by atoms with Crippen LogP contribution in [0.25, 0.3) is 5.76 Å². The Morgan fingerprint density at radius 3 is 2.43 bits per heavy atom. The van der Waals surface area contributed by atoms with Gasteiger partial charge in [0.2, 0.25) is 0 Å². The van der Waals surface area contributed by atoms with Crippen molar-refractivity contribution >= 4 is 27.7 Å². The Labute approximate surface area is 141 Å². The lowest BCUT2D eigenvalue weighted by Crippen LogP contribution is -2.29. The molecule has 0 bridgehead atoms. The van der Waals surface area contributed by atoms with E-state index in [1.807, 2.05) is 32.0 Å². The molecule has 1 aliphatic rings. The van der Waals surface area contributed by atoms with Gasteiger partial charge >= 0.3 is 10.3 Å². The smallest absolute Gasteiger partial charge is 0.333 e. The van der Waals surface area contributed by atoms with E-state index in [-0.39, 0.29) is 13.0 Å². The second-order valence-electron chi connectivity index (χ2n) is 5.12. The van der Waals surface area contributed by atoms with Gasteiger partial charge in [0, 0.05) is 24.8 Å². The number of hydrogen-bond donors (Lipinski definition) is 1. The molecule has 0 spiro atoms. The predicted octanol–water partition coefficient (Wildman–Crippen LogP) is 3.18. The quantitative estimate of drug-likeness (QED) is 0.805. The molecule has 8 heteroatoms. The fraction of sp³-hybridized carbons (Fsp3) is 0.467. The highest BCUT2D eigenvalue weighted by Gasteiger charge is 2.40. The van der Waals surface area contributed by atoms with E-state index < -0.39 is 16.1 Å². The summed E-state index contributed by atoms with van der Waals surface area (Å²) < 4.78 is 38.4. The normalized spacial score (nSPS) is 17.0. The van der Waals surface area contributed by atoms with Gasteiger partial charge in [-0.15, -0.1) is 0 Å². The van der Waals surface area contributed by atoms with Crippen molar-refractivity contribution in [2.45, 2.75) is 38.9 Å². The van der Waals surface area contributed by atoms with Crippen LogP contribution in [-0.4, -0.2) is 20.8 Å². The van der Waals surface area contributed by atoms with Gasteiger partial charge in [0.1, 0.15) is 5.76 Å². The summed E-state index contributed by atoms with van der Waals surface area (Å²) in [4.78, 5) is 0. The first-order valence-electron chi connectivity index (χ1n) is 7.33. The van der Waals surface area contributed by atoms with Gasteiger partial charge in [0.25, 0.3) is 5.79 Å². The SMILES string of the molecule is CCC1(CC)OC(CCOS(N)(=O)=O)=C(c2ccccc2Cl)O1. The minimum atomic E-state index is -3.99. The zero-order chi connectivity index (χ0) is 17.1. The fourth-order valence-corrected chi connectivity index (χ4v) is 2.88. The number of hydrogen-bond acceptors (Lipinski definition) is 5. The van der Waals surface area contributed by atoms with Crippen molar-refractivity contribution in [2.75, 3.05) is 6.61 Å². The van der Waals surface area contributed by atoms with Crippen molar-refractivity contribution < 1.29 is 22.1 Å². The minimum Gasteiger partial charge on any atom is -0.453 e. The van der Waals surface area contributed by atoms with E-state index in [9.17, 15) is 8.42 Å². The Balaban J connectivity index is 2.30. The van der Waals surface area contributed by atoms with Crippen LogP contribution in [0.3, 0.4) is 0 Å². The summed E-state index contributed by atoms with van der Waals surface area (Å²) in [6.45, 7) is 3.78. The van der Waals surface area contributed by atoms with Crippen LogP contribution in [0, 0.1) is 0 Å². The molecule has 1 aromatic rings. The Morgan fingerprint density at radius 1 is 1.22 bits per heavy atom. The molecule has 1 aliphatic heterocycles. The molecule has 2 N–H and O–H groups in total. The van der Waals surface area contributed by atoms with Gasteiger partial charge in [-0.3, -0.25) is 4.18 Å². The highest BCUT2D eigenvalue weighted by Crippen LogP contribution is 2.43. The van der Waals surface area contributed by atoms with Crippen LogP contribution >= 0.6 is 11.6 Å². The molecule has 2 rings (SSSR count). The summed E-state index contributed by atoms with van der Waals surface area (Å²) in [5.74, 6) is 0.244. The maximum atomic E-state index is 10.9. The van der Waals surface area contributed by atoms with Crippen molar-refractivity contribution in [3.8, 4) is 0 Å². The van der Waals surface area contributed by atoms with Gasteiger partial charge in [0.15, 0.2) is 5.76 Å². The molecular formula is C15H20ClNO5S. The molecule has 0 radical (unpaired) electrons. The van der Waals surface area contributed by atoms with Crippen molar-refractivity contribution in [3.05, 3.63) is 40.6 Å². The third-order valence-electron chi connectivity index (χ3n) is 3.62. The van der Waals surface area contributed by atoms with E-state index in [1.54, 1.807) is 6.07 Å². The van der Waals surface area contributed by atoms with Crippen LogP contribution < -0.4 is 5.14 Å². The highest BCUT2D eigenvalue weighted by molar-refractivity contribution is 7.84. The summed E-state index contributed by atoms with van der Waals surface area (Å²) in [6, 6.07) is 7.24. The topological polar surface area (TPSA) is 87.9 Å². The van der Waals surface area contributed by atoms with Crippen molar-refractivity contribution in [2.24, 2.45) is 5.14 Å². The monoisotopic (exact) mass is 361 g/mol. The second-order valence-corrected chi connectivity index (χ2v) is 6.75. The van der Waals surface area contributed by atoms with E-state index in [1.165, 1.54) is 0 Å². The van der Waals surface area contributed by atoms with Gasteiger partial charge in [-0.1, -0.05) is 37.6 Å². The summed E-state index contributed by atoms with van der Waals surface area (Å²) in [5.41, 5.74) is 0.698. The molecule has 0 atom stereocenters. The Morgan fingerprint density at radius 2 is 1.87 bits per heavy atom. The summed E-state index contributed by atoms with van der Waals surface area (Å²) in [7, 11) is -3.99. The molecule has 1 heterocycles. The van der Waals surface area contributed by atoms with E-state index in [0.717, 1.165) is 0 Å². The predicted molar refractivity (Wildman–Crippen MR) is 87.5 cm³/mol.